The maximum absolute atomic E-state index is 12.0. The van der Waals surface area contributed by atoms with Gasteiger partial charge in [0.25, 0.3) is 0 Å². The zero-order valence-electron chi connectivity index (χ0n) is 11.1. The Bertz CT molecular complexity index is 520. The first-order valence-electron chi connectivity index (χ1n) is 6.16. The third-order valence-corrected chi connectivity index (χ3v) is 3.91. The lowest BCUT2D eigenvalue weighted by Crippen LogP contribution is -2.22. The minimum absolute atomic E-state index is 0.0143. The van der Waals surface area contributed by atoms with Crippen LogP contribution in [0.4, 0.5) is 5.69 Å². The molecule has 1 amide bonds. The molecular formula is C15H17NO2S. The number of carbonyl (C=O) groups is 1. The van der Waals surface area contributed by atoms with Crippen molar-refractivity contribution in [2.24, 2.45) is 0 Å². The second-order valence-electron chi connectivity index (χ2n) is 4.39. The standard InChI is InChI=1S/C15H17NO2S/c1-11-5-7-13(8-6-11)16-15(17)12(2)19-10-14-4-3-9-18-14/h3-9,12H,10H2,1-2H3,(H,16,17)/t12-/m1/s1. The lowest BCUT2D eigenvalue weighted by Gasteiger charge is -2.11. The Morgan fingerprint density at radius 3 is 2.68 bits per heavy atom. The van der Waals surface area contributed by atoms with Gasteiger partial charge < -0.3 is 9.73 Å². The predicted molar refractivity (Wildman–Crippen MR) is 79.3 cm³/mol. The van der Waals surface area contributed by atoms with Crippen molar-refractivity contribution in [3.05, 3.63) is 54.0 Å². The number of benzene rings is 1. The van der Waals surface area contributed by atoms with Crippen molar-refractivity contribution >= 4 is 23.4 Å². The number of thioether (sulfide) groups is 1. The van der Waals surface area contributed by atoms with E-state index in [1.165, 1.54) is 5.56 Å². The first kappa shape index (κ1) is 13.7. The van der Waals surface area contributed by atoms with E-state index in [2.05, 4.69) is 5.32 Å². The largest absolute Gasteiger partial charge is 0.468 e. The number of hydrogen-bond acceptors (Lipinski definition) is 3. The molecule has 1 aromatic heterocycles. The van der Waals surface area contributed by atoms with Crippen molar-refractivity contribution < 1.29 is 9.21 Å². The molecule has 0 bridgehead atoms. The fourth-order valence-corrected chi connectivity index (χ4v) is 2.35. The average Bonchev–Trinajstić information content (AvgIpc) is 2.91. The van der Waals surface area contributed by atoms with Crippen LogP contribution in [0.5, 0.6) is 0 Å². The minimum atomic E-state index is -0.119. The third-order valence-electron chi connectivity index (χ3n) is 2.74. The highest BCUT2D eigenvalue weighted by Crippen LogP contribution is 2.19. The normalized spacial score (nSPS) is 12.1. The molecule has 0 aliphatic rings. The number of amides is 1. The Morgan fingerprint density at radius 2 is 2.05 bits per heavy atom. The summed E-state index contributed by atoms with van der Waals surface area (Å²) < 4.78 is 5.24. The van der Waals surface area contributed by atoms with E-state index in [-0.39, 0.29) is 11.2 Å². The summed E-state index contributed by atoms with van der Waals surface area (Å²) in [6.07, 6.45) is 1.65. The van der Waals surface area contributed by atoms with Crippen molar-refractivity contribution in [2.45, 2.75) is 24.9 Å². The van der Waals surface area contributed by atoms with E-state index in [1.54, 1.807) is 18.0 Å². The Balaban J connectivity index is 1.83. The molecule has 0 unspecified atom stereocenters. The number of hydrogen-bond donors (Lipinski definition) is 1. The molecule has 1 N–H and O–H groups in total. The Kier molecular flexibility index (Phi) is 4.68. The summed E-state index contributed by atoms with van der Waals surface area (Å²) in [5.74, 6) is 1.61. The first-order valence-corrected chi connectivity index (χ1v) is 7.21. The van der Waals surface area contributed by atoms with Crippen LogP contribution in [0.3, 0.4) is 0 Å². The molecule has 1 heterocycles. The molecule has 0 aliphatic heterocycles. The van der Waals surface area contributed by atoms with Gasteiger partial charge in [-0.05, 0) is 38.1 Å². The fraction of sp³-hybridized carbons (Fsp3) is 0.267. The highest BCUT2D eigenvalue weighted by atomic mass is 32.2. The number of furan rings is 1. The molecule has 3 nitrogen and oxygen atoms in total. The van der Waals surface area contributed by atoms with Crippen LogP contribution in [0.25, 0.3) is 0 Å². The topological polar surface area (TPSA) is 42.2 Å². The quantitative estimate of drug-likeness (QED) is 0.901. The van der Waals surface area contributed by atoms with Gasteiger partial charge in [-0.15, -0.1) is 11.8 Å². The number of anilines is 1. The molecule has 19 heavy (non-hydrogen) atoms. The SMILES string of the molecule is Cc1ccc(NC(=O)[C@@H](C)SCc2ccco2)cc1. The lowest BCUT2D eigenvalue weighted by atomic mass is 10.2. The molecule has 100 valence electrons. The van der Waals surface area contributed by atoms with E-state index in [0.29, 0.717) is 5.75 Å². The van der Waals surface area contributed by atoms with Crippen molar-refractivity contribution in [1.82, 2.24) is 0 Å². The van der Waals surface area contributed by atoms with Crippen LogP contribution >= 0.6 is 11.8 Å². The summed E-state index contributed by atoms with van der Waals surface area (Å²) in [6.45, 7) is 3.92. The number of rotatable bonds is 5. The number of carbonyl (C=O) groups excluding carboxylic acids is 1. The van der Waals surface area contributed by atoms with Gasteiger partial charge in [0.05, 0.1) is 17.3 Å². The van der Waals surface area contributed by atoms with Crippen LogP contribution in [0.2, 0.25) is 0 Å². The summed E-state index contributed by atoms with van der Waals surface area (Å²) in [5, 5.41) is 2.79. The molecule has 0 saturated heterocycles. The molecule has 4 heteroatoms. The van der Waals surface area contributed by atoms with Crippen molar-refractivity contribution in [2.75, 3.05) is 5.32 Å². The highest BCUT2D eigenvalue weighted by molar-refractivity contribution is 7.99. The van der Waals surface area contributed by atoms with E-state index < -0.39 is 0 Å². The van der Waals surface area contributed by atoms with Gasteiger partial charge in [0.2, 0.25) is 5.91 Å². The Hall–Kier alpha value is -1.68. The maximum atomic E-state index is 12.0. The monoisotopic (exact) mass is 275 g/mol. The lowest BCUT2D eigenvalue weighted by molar-refractivity contribution is -0.115. The molecule has 2 rings (SSSR count). The van der Waals surface area contributed by atoms with Gasteiger partial charge in [0.15, 0.2) is 0 Å². The zero-order chi connectivity index (χ0) is 13.7. The smallest absolute Gasteiger partial charge is 0.237 e. The van der Waals surface area contributed by atoms with E-state index in [9.17, 15) is 4.79 Å². The summed E-state index contributed by atoms with van der Waals surface area (Å²) in [6, 6.07) is 11.6. The van der Waals surface area contributed by atoms with Crippen molar-refractivity contribution in [1.29, 1.82) is 0 Å². The second-order valence-corrected chi connectivity index (χ2v) is 5.72. The van der Waals surface area contributed by atoms with Gasteiger partial charge in [-0.25, -0.2) is 0 Å². The second kappa shape index (κ2) is 6.48. The van der Waals surface area contributed by atoms with Gasteiger partial charge in [0.1, 0.15) is 5.76 Å². The van der Waals surface area contributed by atoms with E-state index in [0.717, 1.165) is 11.4 Å². The minimum Gasteiger partial charge on any atom is -0.468 e. The Labute approximate surface area is 117 Å². The number of aryl methyl sites for hydroxylation is 1. The third kappa shape index (κ3) is 4.17. The van der Waals surface area contributed by atoms with Crippen molar-refractivity contribution in [3.63, 3.8) is 0 Å². The highest BCUT2D eigenvalue weighted by Gasteiger charge is 2.14. The van der Waals surface area contributed by atoms with Crippen LogP contribution in [0.1, 0.15) is 18.2 Å². The predicted octanol–water partition coefficient (Wildman–Crippen LogP) is 3.85. The maximum Gasteiger partial charge on any atom is 0.237 e. The fourth-order valence-electron chi connectivity index (χ4n) is 1.56. The van der Waals surface area contributed by atoms with Gasteiger partial charge >= 0.3 is 0 Å². The summed E-state index contributed by atoms with van der Waals surface area (Å²) >= 11 is 1.56. The molecule has 0 aliphatic carbocycles. The summed E-state index contributed by atoms with van der Waals surface area (Å²) in [4.78, 5) is 12.0. The van der Waals surface area contributed by atoms with Crippen LogP contribution in [0, 0.1) is 6.92 Å². The molecule has 0 saturated carbocycles. The van der Waals surface area contributed by atoms with Gasteiger partial charge in [-0.1, -0.05) is 17.7 Å². The van der Waals surface area contributed by atoms with Crippen LogP contribution in [-0.4, -0.2) is 11.2 Å². The number of nitrogens with one attached hydrogen (secondary N) is 1. The molecule has 0 fully saturated rings. The van der Waals surface area contributed by atoms with Crippen molar-refractivity contribution in [3.8, 4) is 0 Å². The molecule has 1 aromatic carbocycles. The van der Waals surface area contributed by atoms with E-state index in [4.69, 9.17) is 4.42 Å². The zero-order valence-corrected chi connectivity index (χ0v) is 11.9. The van der Waals surface area contributed by atoms with Gasteiger partial charge in [0, 0.05) is 5.69 Å². The van der Waals surface area contributed by atoms with E-state index >= 15 is 0 Å². The van der Waals surface area contributed by atoms with Gasteiger partial charge in [-0.3, -0.25) is 4.79 Å². The molecule has 0 radical (unpaired) electrons. The molecular weight excluding hydrogens is 258 g/mol. The molecule has 2 aromatic rings. The summed E-state index contributed by atoms with van der Waals surface area (Å²) in [7, 11) is 0. The van der Waals surface area contributed by atoms with Crippen LogP contribution in [-0.2, 0) is 10.5 Å². The van der Waals surface area contributed by atoms with E-state index in [1.807, 2.05) is 50.2 Å². The Morgan fingerprint density at radius 1 is 1.32 bits per heavy atom. The molecule has 0 spiro atoms. The molecule has 1 atom stereocenters. The van der Waals surface area contributed by atoms with Crippen LogP contribution in [0.15, 0.2) is 47.1 Å². The van der Waals surface area contributed by atoms with Crippen LogP contribution < -0.4 is 5.32 Å². The average molecular weight is 275 g/mol. The summed E-state index contributed by atoms with van der Waals surface area (Å²) in [5.41, 5.74) is 2.01. The first-order chi connectivity index (χ1) is 9.15. The van der Waals surface area contributed by atoms with Gasteiger partial charge in [-0.2, -0.15) is 0 Å².